The van der Waals surface area contributed by atoms with E-state index in [1.165, 1.54) is 0 Å². The molecule has 0 saturated heterocycles. The SMILES string of the molecule is CCCCC(OC(CCCC)C(=O)O)C(=O)O. The highest BCUT2D eigenvalue weighted by Crippen LogP contribution is 2.13. The highest BCUT2D eigenvalue weighted by atomic mass is 16.5. The van der Waals surface area contributed by atoms with Crippen molar-refractivity contribution in [1.29, 1.82) is 0 Å². The largest absolute Gasteiger partial charge is 0.479 e. The van der Waals surface area contributed by atoms with Crippen molar-refractivity contribution in [1.82, 2.24) is 0 Å². The molecule has 5 heteroatoms. The van der Waals surface area contributed by atoms with Gasteiger partial charge in [0.25, 0.3) is 0 Å². The minimum absolute atomic E-state index is 0.363. The van der Waals surface area contributed by atoms with Crippen LogP contribution in [0.2, 0.25) is 0 Å². The van der Waals surface area contributed by atoms with E-state index in [-0.39, 0.29) is 0 Å². The predicted octanol–water partition coefficient (Wildman–Crippen LogP) is 2.29. The van der Waals surface area contributed by atoms with Gasteiger partial charge in [-0.25, -0.2) is 9.59 Å². The Labute approximate surface area is 102 Å². The van der Waals surface area contributed by atoms with Crippen LogP contribution in [0.25, 0.3) is 0 Å². The highest BCUT2D eigenvalue weighted by Gasteiger charge is 2.26. The molecular formula is C12H22O5. The fourth-order valence-electron chi connectivity index (χ4n) is 1.48. The summed E-state index contributed by atoms with van der Waals surface area (Å²) in [4.78, 5) is 21.8. The van der Waals surface area contributed by atoms with Crippen LogP contribution in [0.1, 0.15) is 52.4 Å². The molecule has 0 heterocycles. The molecule has 2 atom stereocenters. The lowest BCUT2D eigenvalue weighted by Crippen LogP contribution is -2.34. The van der Waals surface area contributed by atoms with Gasteiger partial charge in [-0.2, -0.15) is 0 Å². The van der Waals surface area contributed by atoms with Gasteiger partial charge in [-0.15, -0.1) is 0 Å². The molecule has 17 heavy (non-hydrogen) atoms. The number of ether oxygens (including phenoxy) is 1. The van der Waals surface area contributed by atoms with Gasteiger partial charge in [-0.05, 0) is 12.8 Å². The van der Waals surface area contributed by atoms with Crippen LogP contribution < -0.4 is 0 Å². The lowest BCUT2D eigenvalue weighted by atomic mass is 10.1. The number of carbonyl (C=O) groups is 2. The Morgan fingerprint density at radius 3 is 1.53 bits per heavy atom. The summed E-state index contributed by atoms with van der Waals surface area (Å²) in [5, 5.41) is 17.9. The van der Waals surface area contributed by atoms with Crippen LogP contribution in [0.4, 0.5) is 0 Å². The number of hydrogen-bond acceptors (Lipinski definition) is 3. The van der Waals surface area contributed by atoms with E-state index in [1.807, 2.05) is 13.8 Å². The van der Waals surface area contributed by atoms with Crippen molar-refractivity contribution in [3.63, 3.8) is 0 Å². The third-order valence-corrected chi connectivity index (χ3v) is 2.52. The summed E-state index contributed by atoms with van der Waals surface area (Å²) in [5.74, 6) is -2.16. The van der Waals surface area contributed by atoms with Gasteiger partial charge >= 0.3 is 11.9 Å². The summed E-state index contributed by atoms with van der Waals surface area (Å²) in [6, 6.07) is 0. The summed E-state index contributed by atoms with van der Waals surface area (Å²) in [7, 11) is 0. The molecule has 0 radical (unpaired) electrons. The van der Waals surface area contributed by atoms with Gasteiger partial charge in [0, 0.05) is 0 Å². The van der Waals surface area contributed by atoms with Crippen molar-refractivity contribution in [3.8, 4) is 0 Å². The van der Waals surface area contributed by atoms with E-state index in [2.05, 4.69) is 0 Å². The van der Waals surface area contributed by atoms with Crippen LogP contribution in [0.15, 0.2) is 0 Å². The summed E-state index contributed by atoms with van der Waals surface area (Å²) < 4.78 is 5.18. The van der Waals surface area contributed by atoms with Gasteiger partial charge in [0.2, 0.25) is 0 Å². The molecule has 0 fully saturated rings. The summed E-state index contributed by atoms with van der Waals surface area (Å²) in [6.45, 7) is 3.90. The zero-order chi connectivity index (χ0) is 13.3. The zero-order valence-corrected chi connectivity index (χ0v) is 10.5. The van der Waals surface area contributed by atoms with Crippen LogP contribution in [-0.4, -0.2) is 34.4 Å². The topological polar surface area (TPSA) is 83.8 Å². The molecule has 0 aliphatic heterocycles. The van der Waals surface area contributed by atoms with E-state index < -0.39 is 24.1 Å². The Bertz CT molecular complexity index is 215. The van der Waals surface area contributed by atoms with Crippen molar-refractivity contribution in [2.75, 3.05) is 0 Å². The molecule has 0 aromatic heterocycles. The molecule has 0 spiro atoms. The minimum Gasteiger partial charge on any atom is -0.479 e. The molecule has 2 unspecified atom stereocenters. The monoisotopic (exact) mass is 246 g/mol. The number of unbranched alkanes of at least 4 members (excludes halogenated alkanes) is 2. The van der Waals surface area contributed by atoms with E-state index in [0.29, 0.717) is 12.8 Å². The van der Waals surface area contributed by atoms with Crippen LogP contribution in [-0.2, 0) is 14.3 Å². The van der Waals surface area contributed by atoms with Gasteiger partial charge in [-0.1, -0.05) is 39.5 Å². The molecule has 0 aromatic rings. The van der Waals surface area contributed by atoms with Gasteiger partial charge < -0.3 is 14.9 Å². The first-order chi connectivity index (χ1) is 8.02. The average molecular weight is 246 g/mol. The third kappa shape index (κ3) is 6.94. The Morgan fingerprint density at radius 1 is 0.941 bits per heavy atom. The molecule has 0 amide bonds. The van der Waals surface area contributed by atoms with Crippen molar-refractivity contribution in [2.45, 2.75) is 64.6 Å². The molecule has 2 N–H and O–H groups in total. The van der Waals surface area contributed by atoms with Crippen molar-refractivity contribution >= 4 is 11.9 Å². The smallest absolute Gasteiger partial charge is 0.332 e. The predicted molar refractivity (Wildman–Crippen MR) is 63.0 cm³/mol. The molecule has 0 saturated carbocycles. The molecular weight excluding hydrogens is 224 g/mol. The second-order valence-electron chi connectivity index (χ2n) is 4.07. The molecule has 5 nitrogen and oxygen atoms in total. The number of hydrogen-bond donors (Lipinski definition) is 2. The maximum absolute atomic E-state index is 10.9. The summed E-state index contributed by atoms with van der Waals surface area (Å²) in [6.07, 6.45) is 1.87. The first-order valence-electron chi connectivity index (χ1n) is 6.13. The van der Waals surface area contributed by atoms with Gasteiger partial charge in [-0.3, -0.25) is 0 Å². The fourth-order valence-corrected chi connectivity index (χ4v) is 1.48. The van der Waals surface area contributed by atoms with Crippen molar-refractivity contribution in [3.05, 3.63) is 0 Å². The van der Waals surface area contributed by atoms with Gasteiger partial charge in [0.05, 0.1) is 0 Å². The Kier molecular flexibility index (Phi) is 8.40. The number of rotatable bonds is 10. The molecule has 0 rings (SSSR count). The van der Waals surface area contributed by atoms with Crippen LogP contribution in [0.5, 0.6) is 0 Å². The first kappa shape index (κ1) is 15.9. The maximum Gasteiger partial charge on any atom is 0.332 e. The maximum atomic E-state index is 10.9. The quantitative estimate of drug-likeness (QED) is 0.618. The van der Waals surface area contributed by atoms with E-state index in [0.717, 1.165) is 25.7 Å². The number of aliphatic carboxylic acids is 2. The molecule has 0 bridgehead atoms. The Hall–Kier alpha value is -1.10. The van der Waals surface area contributed by atoms with E-state index in [1.54, 1.807) is 0 Å². The lowest BCUT2D eigenvalue weighted by molar-refractivity contribution is -0.166. The van der Waals surface area contributed by atoms with Gasteiger partial charge in [0.15, 0.2) is 12.2 Å². The third-order valence-electron chi connectivity index (χ3n) is 2.52. The second kappa shape index (κ2) is 8.98. The first-order valence-corrected chi connectivity index (χ1v) is 6.13. The van der Waals surface area contributed by atoms with Gasteiger partial charge in [0.1, 0.15) is 0 Å². The van der Waals surface area contributed by atoms with Crippen LogP contribution >= 0.6 is 0 Å². The normalized spacial score (nSPS) is 14.2. The van der Waals surface area contributed by atoms with Crippen LogP contribution in [0, 0.1) is 0 Å². The number of carboxylic acid groups (broad SMARTS) is 2. The second-order valence-corrected chi connectivity index (χ2v) is 4.07. The van der Waals surface area contributed by atoms with Crippen LogP contribution in [0.3, 0.4) is 0 Å². The van der Waals surface area contributed by atoms with E-state index >= 15 is 0 Å². The average Bonchev–Trinajstić information content (AvgIpc) is 2.27. The Balaban J connectivity index is 4.34. The zero-order valence-electron chi connectivity index (χ0n) is 10.5. The van der Waals surface area contributed by atoms with Crippen molar-refractivity contribution < 1.29 is 24.5 Å². The standard InChI is InChI=1S/C12H22O5/c1-3-5-7-9(11(13)14)17-10(12(15)16)8-6-4-2/h9-10H,3-8H2,1-2H3,(H,13,14)(H,15,16). The number of carboxylic acids is 2. The van der Waals surface area contributed by atoms with Crippen molar-refractivity contribution in [2.24, 2.45) is 0 Å². The lowest BCUT2D eigenvalue weighted by Gasteiger charge is -2.19. The molecule has 0 aromatic carbocycles. The van der Waals surface area contributed by atoms with E-state index in [9.17, 15) is 9.59 Å². The molecule has 0 aliphatic carbocycles. The minimum atomic E-state index is -1.08. The Morgan fingerprint density at radius 2 is 1.29 bits per heavy atom. The molecule has 100 valence electrons. The fraction of sp³-hybridized carbons (Fsp3) is 0.833. The summed E-state index contributed by atoms with van der Waals surface area (Å²) >= 11 is 0. The molecule has 0 aliphatic rings. The highest BCUT2D eigenvalue weighted by molar-refractivity contribution is 5.75. The van der Waals surface area contributed by atoms with E-state index in [4.69, 9.17) is 14.9 Å². The summed E-state index contributed by atoms with van der Waals surface area (Å²) in [5.41, 5.74) is 0.